The topological polar surface area (TPSA) is 55.8 Å². The fraction of sp³-hybridized carbons (Fsp3) is 0.0833. The number of aromatic hydroxyl groups is 1. The van der Waals surface area contributed by atoms with Crippen LogP contribution >= 0.6 is 0 Å². The summed E-state index contributed by atoms with van der Waals surface area (Å²) in [4.78, 5) is 10.9. The molecule has 0 aliphatic carbocycles. The molecule has 0 unspecified atom stereocenters. The maximum Gasteiger partial charge on any atom is 0.513 e. The largest absolute Gasteiger partial charge is 0.513 e. The van der Waals surface area contributed by atoms with E-state index in [9.17, 15) is 9.90 Å². The number of hydrogen-bond donors (Lipinski definition) is 1. The van der Waals surface area contributed by atoms with Crippen LogP contribution in [0, 0.1) is 0 Å². The van der Waals surface area contributed by atoms with Gasteiger partial charge in [0.05, 0.1) is 7.11 Å². The van der Waals surface area contributed by atoms with E-state index in [2.05, 4.69) is 4.74 Å². The van der Waals surface area contributed by atoms with Crippen LogP contribution in [-0.2, 0) is 4.74 Å². The first-order chi connectivity index (χ1) is 7.69. The Labute approximate surface area is 92.0 Å². The van der Waals surface area contributed by atoms with E-state index in [0.717, 1.165) is 10.8 Å². The van der Waals surface area contributed by atoms with Crippen LogP contribution in [0.2, 0.25) is 0 Å². The summed E-state index contributed by atoms with van der Waals surface area (Å²) in [6, 6.07) is 10.0. The molecule has 2 rings (SSSR count). The molecule has 0 atom stereocenters. The fourth-order valence-electron chi connectivity index (χ4n) is 1.41. The number of carbonyl (C=O) groups is 1. The van der Waals surface area contributed by atoms with E-state index >= 15 is 0 Å². The molecule has 0 aliphatic heterocycles. The van der Waals surface area contributed by atoms with Gasteiger partial charge in [-0.15, -0.1) is 0 Å². The number of ether oxygens (including phenoxy) is 2. The quantitative estimate of drug-likeness (QED) is 0.590. The summed E-state index contributed by atoms with van der Waals surface area (Å²) in [5.41, 5.74) is 0. The second kappa shape index (κ2) is 4.10. The van der Waals surface area contributed by atoms with E-state index in [1.54, 1.807) is 36.4 Å². The number of hydrogen-bond acceptors (Lipinski definition) is 4. The smallest absolute Gasteiger partial charge is 0.508 e. The zero-order valence-electron chi connectivity index (χ0n) is 8.64. The Hall–Kier alpha value is -2.23. The van der Waals surface area contributed by atoms with Crippen LogP contribution in [0.3, 0.4) is 0 Å². The SMILES string of the molecule is COC(=O)Oc1ccc2cc(O)ccc2c1. The van der Waals surface area contributed by atoms with Crippen molar-refractivity contribution in [3.8, 4) is 11.5 Å². The summed E-state index contributed by atoms with van der Waals surface area (Å²) < 4.78 is 9.26. The molecule has 82 valence electrons. The number of methoxy groups -OCH3 is 1. The van der Waals surface area contributed by atoms with Crippen molar-refractivity contribution in [1.82, 2.24) is 0 Å². The third-order valence-electron chi connectivity index (χ3n) is 2.16. The second-order valence-electron chi connectivity index (χ2n) is 3.25. The molecule has 0 saturated carbocycles. The maximum absolute atomic E-state index is 10.9. The van der Waals surface area contributed by atoms with Gasteiger partial charge in [-0.2, -0.15) is 0 Å². The summed E-state index contributed by atoms with van der Waals surface area (Å²) in [6.45, 7) is 0. The first-order valence-corrected chi connectivity index (χ1v) is 4.67. The molecule has 2 aromatic carbocycles. The van der Waals surface area contributed by atoms with Gasteiger partial charge in [-0.05, 0) is 35.0 Å². The number of phenolic OH excluding ortho intramolecular Hbond substituents is 1. The van der Waals surface area contributed by atoms with E-state index in [4.69, 9.17) is 4.74 Å². The van der Waals surface area contributed by atoms with Crippen molar-refractivity contribution in [3.05, 3.63) is 36.4 Å². The highest BCUT2D eigenvalue weighted by Gasteiger charge is 2.04. The number of fused-ring (bicyclic) bond motifs is 1. The summed E-state index contributed by atoms with van der Waals surface area (Å²) in [5.74, 6) is 0.610. The molecule has 0 spiro atoms. The van der Waals surface area contributed by atoms with Gasteiger partial charge < -0.3 is 14.6 Å². The molecular weight excluding hydrogens is 208 g/mol. The van der Waals surface area contributed by atoms with Gasteiger partial charge in [-0.1, -0.05) is 12.1 Å². The van der Waals surface area contributed by atoms with Crippen LogP contribution in [0.4, 0.5) is 4.79 Å². The average Bonchev–Trinajstić information content (AvgIpc) is 2.29. The minimum Gasteiger partial charge on any atom is -0.508 e. The highest BCUT2D eigenvalue weighted by molar-refractivity contribution is 5.85. The van der Waals surface area contributed by atoms with E-state index in [1.165, 1.54) is 7.11 Å². The lowest BCUT2D eigenvalue weighted by atomic mass is 10.1. The lowest BCUT2D eigenvalue weighted by Crippen LogP contribution is -2.06. The molecule has 16 heavy (non-hydrogen) atoms. The predicted molar refractivity (Wildman–Crippen MR) is 58.6 cm³/mol. The van der Waals surface area contributed by atoms with Crippen LogP contribution < -0.4 is 4.74 Å². The molecule has 1 N–H and O–H groups in total. The van der Waals surface area contributed by atoms with Gasteiger partial charge in [-0.25, -0.2) is 4.79 Å². The summed E-state index contributed by atoms with van der Waals surface area (Å²) in [6.07, 6.45) is -0.752. The zero-order valence-corrected chi connectivity index (χ0v) is 8.64. The van der Waals surface area contributed by atoms with Crippen molar-refractivity contribution in [1.29, 1.82) is 0 Å². The van der Waals surface area contributed by atoms with Gasteiger partial charge in [0.25, 0.3) is 0 Å². The van der Waals surface area contributed by atoms with E-state index in [0.29, 0.717) is 5.75 Å². The Morgan fingerprint density at radius 1 is 1.12 bits per heavy atom. The lowest BCUT2D eigenvalue weighted by Gasteiger charge is -2.04. The summed E-state index contributed by atoms with van der Waals surface area (Å²) >= 11 is 0. The Kier molecular flexibility index (Phi) is 2.64. The first-order valence-electron chi connectivity index (χ1n) is 4.67. The molecule has 0 aliphatic rings. The third kappa shape index (κ3) is 2.06. The van der Waals surface area contributed by atoms with Crippen LogP contribution in [0.5, 0.6) is 11.5 Å². The Balaban J connectivity index is 2.37. The molecular formula is C12H10O4. The predicted octanol–water partition coefficient (Wildman–Crippen LogP) is 2.69. The molecule has 0 saturated heterocycles. The standard InChI is InChI=1S/C12H10O4/c1-15-12(14)16-11-5-3-8-6-10(13)4-2-9(8)7-11/h2-7,13H,1H3. The molecule has 0 amide bonds. The van der Waals surface area contributed by atoms with Crippen LogP contribution in [0.15, 0.2) is 36.4 Å². The molecule has 0 aromatic heterocycles. The van der Waals surface area contributed by atoms with Gasteiger partial charge in [0.2, 0.25) is 0 Å². The van der Waals surface area contributed by atoms with Gasteiger partial charge in [0.15, 0.2) is 0 Å². The molecule has 2 aromatic rings. The van der Waals surface area contributed by atoms with Gasteiger partial charge in [0.1, 0.15) is 11.5 Å². The van der Waals surface area contributed by atoms with Crippen LogP contribution in [0.25, 0.3) is 10.8 Å². The maximum atomic E-state index is 10.9. The van der Waals surface area contributed by atoms with Gasteiger partial charge >= 0.3 is 6.16 Å². The second-order valence-corrected chi connectivity index (χ2v) is 3.25. The van der Waals surface area contributed by atoms with Crippen molar-refractivity contribution in [2.24, 2.45) is 0 Å². The number of benzene rings is 2. The molecule has 4 nitrogen and oxygen atoms in total. The van der Waals surface area contributed by atoms with E-state index in [1.807, 2.05) is 0 Å². The number of carbonyl (C=O) groups excluding carboxylic acids is 1. The third-order valence-corrected chi connectivity index (χ3v) is 2.16. The minimum absolute atomic E-state index is 0.203. The van der Waals surface area contributed by atoms with Crippen molar-refractivity contribution in [2.75, 3.05) is 7.11 Å². The molecule has 0 bridgehead atoms. The van der Waals surface area contributed by atoms with Crippen molar-refractivity contribution < 1.29 is 19.4 Å². The van der Waals surface area contributed by atoms with Crippen molar-refractivity contribution in [3.63, 3.8) is 0 Å². The van der Waals surface area contributed by atoms with Crippen LogP contribution in [-0.4, -0.2) is 18.4 Å². The molecule has 0 radical (unpaired) electrons. The lowest BCUT2D eigenvalue weighted by molar-refractivity contribution is 0.121. The van der Waals surface area contributed by atoms with E-state index in [-0.39, 0.29) is 5.75 Å². The highest BCUT2D eigenvalue weighted by atomic mass is 16.7. The molecule has 0 fully saturated rings. The highest BCUT2D eigenvalue weighted by Crippen LogP contribution is 2.24. The van der Waals surface area contributed by atoms with Crippen LogP contribution in [0.1, 0.15) is 0 Å². The van der Waals surface area contributed by atoms with Crippen molar-refractivity contribution in [2.45, 2.75) is 0 Å². The Bertz CT molecular complexity index is 534. The Morgan fingerprint density at radius 2 is 1.81 bits per heavy atom. The van der Waals surface area contributed by atoms with Crippen molar-refractivity contribution >= 4 is 16.9 Å². The Morgan fingerprint density at radius 3 is 2.56 bits per heavy atom. The molecule has 4 heteroatoms. The monoisotopic (exact) mass is 218 g/mol. The number of phenols is 1. The minimum atomic E-state index is -0.752. The summed E-state index contributed by atoms with van der Waals surface area (Å²) in [5, 5.41) is 11.0. The fourth-order valence-corrected chi connectivity index (χ4v) is 1.41. The average molecular weight is 218 g/mol. The number of rotatable bonds is 1. The van der Waals surface area contributed by atoms with E-state index < -0.39 is 6.16 Å². The van der Waals surface area contributed by atoms with Gasteiger partial charge in [-0.3, -0.25) is 0 Å². The first kappa shape index (κ1) is 10.3. The zero-order chi connectivity index (χ0) is 11.5. The molecule has 0 heterocycles. The normalized spacial score (nSPS) is 10.1. The van der Waals surface area contributed by atoms with Gasteiger partial charge in [0, 0.05) is 0 Å². The summed E-state index contributed by atoms with van der Waals surface area (Å²) in [7, 11) is 1.25.